The van der Waals surface area contributed by atoms with Gasteiger partial charge in [0.25, 0.3) is 0 Å². The first-order valence-electron chi connectivity index (χ1n) is 6.36. The quantitative estimate of drug-likeness (QED) is 0.713. The van der Waals surface area contributed by atoms with E-state index in [0.717, 1.165) is 12.8 Å². The van der Waals surface area contributed by atoms with Crippen LogP contribution in [0, 0.1) is 5.92 Å². The molecule has 5 atom stereocenters. The van der Waals surface area contributed by atoms with Gasteiger partial charge < -0.3 is 20.5 Å². The predicted molar refractivity (Wildman–Crippen MR) is 63.5 cm³/mol. The van der Waals surface area contributed by atoms with Gasteiger partial charge in [0.2, 0.25) is 5.91 Å². The van der Waals surface area contributed by atoms with E-state index in [1.807, 2.05) is 6.92 Å². The molecule has 2 aliphatic rings. The van der Waals surface area contributed by atoms with Crippen molar-refractivity contribution in [1.29, 1.82) is 0 Å². The van der Waals surface area contributed by atoms with Crippen LogP contribution in [0.25, 0.3) is 0 Å². The summed E-state index contributed by atoms with van der Waals surface area (Å²) < 4.78 is 11.5. The third kappa shape index (κ3) is 2.78. The van der Waals surface area contributed by atoms with Crippen molar-refractivity contribution in [1.82, 2.24) is 5.32 Å². The standard InChI is InChI=1S/C12H22N2O3/c1-7(11(13)12(15)14-2)16-6-8-5-9-3-4-10(8)17-9/h7-11H,3-6,13H2,1-2H3,(H,14,15)/t7-,8?,9?,10?,11+/m1/s1. The van der Waals surface area contributed by atoms with Crippen molar-refractivity contribution in [2.24, 2.45) is 11.7 Å². The number of nitrogens with two attached hydrogens (primary N) is 1. The van der Waals surface area contributed by atoms with E-state index in [9.17, 15) is 4.79 Å². The van der Waals surface area contributed by atoms with Crippen LogP contribution in [-0.4, -0.2) is 43.9 Å². The molecule has 0 radical (unpaired) electrons. The SMILES string of the molecule is CNC(=O)[C@@H](N)[C@@H](C)OCC1CC2CCC1O2. The maximum atomic E-state index is 11.3. The van der Waals surface area contributed by atoms with E-state index < -0.39 is 6.04 Å². The Hall–Kier alpha value is -0.650. The van der Waals surface area contributed by atoms with Crippen LogP contribution in [0.5, 0.6) is 0 Å². The largest absolute Gasteiger partial charge is 0.376 e. The van der Waals surface area contributed by atoms with E-state index in [0.29, 0.717) is 24.7 Å². The molecule has 0 saturated carbocycles. The van der Waals surface area contributed by atoms with E-state index in [2.05, 4.69) is 5.32 Å². The number of carbonyl (C=O) groups is 1. The average Bonchev–Trinajstić information content (AvgIpc) is 2.95. The highest BCUT2D eigenvalue weighted by Gasteiger charge is 2.41. The topological polar surface area (TPSA) is 73.6 Å². The molecule has 5 nitrogen and oxygen atoms in total. The lowest BCUT2D eigenvalue weighted by atomic mass is 9.90. The van der Waals surface area contributed by atoms with Crippen molar-refractivity contribution in [3.63, 3.8) is 0 Å². The molecule has 3 N–H and O–H groups in total. The maximum Gasteiger partial charge on any atom is 0.239 e. The number of carbonyl (C=O) groups excluding carboxylic acids is 1. The van der Waals surface area contributed by atoms with Crippen LogP contribution in [-0.2, 0) is 14.3 Å². The molecule has 2 aliphatic heterocycles. The van der Waals surface area contributed by atoms with E-state index in [-0.39, 0.29) is 12.0 Å². The van der Waals surface area contributed by atoms with Gasteiger partial charge in [-0.1, -0.05) is 0 Å². The third-order valence-corrected chi connectivity index (χ3v) is 3.86. The Balaban J connectivity index is 1.73. The molecule has 2 bridgehead atoms. The highest BCUT2D eigenvalue weighted by atomic mass is 16.5. The Bertz CT molecular complexity index is 285. The highest BCUT2D eigenvalue weighted by molar-refractivity contribution is 5.81. The molecule has 2 heterocycles. The average molecular weight is 242 g/mol. The van der Waals surface area contributed by atoms with Gasteiger partial charge >= 0.3 is 0 Å². The predicted octanol–water partition coefficient (Wildman–Crippen LogP) is 0.0323. The summed E-state index contributed by atoms with van der Waals surface area (Å²) in [7, 11) is 1.58. The van der Waals surface area contributed by atoms with Crippen LogP contribution in [0.4, 0.5) is 0 Å². The molecule has 1 amide bonds. The van der Waals surface area contributed by atoms with Crippen LogP contribution in [0.15, 0.2) is 0 Å². The molecular weight excluding hydrogens is 220 g/mol. The van der Waals surface area contributed by atoms with Crippen LogP contribution in [0.1, 0.15) is 26.2 Å². The van der Waals surface area contributed by atoms with E-state index >= 15 is 0 Å². The molecule has 0 aromatic heterocycles. The number of fused-ring (bicyclic) bond motifs is 2. The number of ether oxygens (including phenoxy) is 2. The Morgan fingerprint density at radius 2 is 2.35 bits per heavy atom. The molecule has 2 saturated heterocycles. The van der Waals surface area contributed by atoms with Crippen LogP contribution in [0.2, 0.25) is 0 Å². The second kappa shape index (κ2) is 5.33. The zero-order valence-electron chi connectivity index (χ0n) is 10.5. The van der Waals surface area contributed by atoms with Crippen LogP contribution < -0.4 is 11.1 Å². The lowest BCUT2D eigenvalue weighted by Gasteiger charge is -2.23. The summed E-state index contributed by atoms with van der Waals surface area (Å²) in [5.74, 6) is 0.301. The van der Waals surface area contributed by atoms with Gasteiger partial charge in [-0.3, -0.25) is 4.79 Å². The molecule has 17 heavy (non-hydrogen) atoms. The normalized spacial score (nSPS) is 34.6. The first-order chi connectivity index (χ1) is 8.11. The van der Waals surface area contributed by atoms with Gasteiger partial charge in [-0.25, -0.2) is 0 Å². The summed E-state index contributed by atoms with van der Waals surface area (Å²) in [5, 5.41) is 2.53. The van der Waals surface area contributed by atoms with Gasteiger partial charge in [-0.2, -0.15) is 0 Å². The summed E-state index contributed by atoms with van der Waals surface area (Å²) in [6, 6.07) is -0.598. The minimum Gasteiger partial charge on any atom is -0.376 e. The van der Waals surface area contributed by atoms with Gasteiger partial charge in [0.1, 0.15) is 6.04 Å². The van der Waals surface area contributed by atoms with Gasteiger partial charge in [0, 0.05) is 13.0 Å². The minimum atomic E-state index is -0.598. The molecule has 0 aromatic carbocycles. The van der Waals surface area contributed by atoms with Gasteiger partial charge in [-0.05, 0) is 26.2 Å². The second-order valence-electron chi connectivity index (χ2n) is 5.05. The number of likely N-dealkylation sites (N-methyl/N-ethyl adjacent to an activating group) is 1. The summed E-state index contributed by atoms with van der Waals surface area (Å²) in [4.78, 5) is 11.3. The van der Waals surface area contributed by atoms with E-state index in [4.69, 9.17) is 15.2 Å². The Kier molecular flexibility index (Phi) is 4.01. The van der Waals surface area contributed by atoms with E-state index in [1.54, 1.807) is 7.05 Å². The fourth-order valence-electron chi connectivity index (χ4n) is 2.68. The molecule has 0 spiro atoms. The fourth-order valence-corrected chi connectivity index (χ4v) is 2.68. The van der Waals surface area contributed by atoms with E-state index in [1.165, 1.54) is 6.42 Å². The monoisotopic (exact) mass is 242 g/mol. The molecule has 0 aromatic rings. The zero-order chi connectivity index (χ0) is 12.4. The summed E-state index contributed by atoms with van der Waals surface area (Å²) in [5.41, 5.74) is 5.76. The molecule has 0 aliphatic carbocycles. The number of amides is 1. The zero-order valence-corrected chi connectivity index (χ0v) is 10.5. The Morgan fingerprint density at radius 1 is 1.59 bits per heavy atom. The number of rotatable bonds is 5. The Morgan fingerprint density at radius 3 is 2.88 bits per heavy atom. The lowest BCUT2D eigenvalue weighted by molar-refractivity contribution is -0.125. The summed E-state index contributed by atoms with van der Waals surface area (Å²) in [6.07, 6.45) is 3.98. The van der Waals surface area contributed by atoms with Gasteiger partial charge in [-0.15, -0.1) is 0 Å². The molecule has 2 rings (SSSR count). The molecule has 2 fully saturated rings. The van der Waals surface area contributed by atoms with Gasteiger partial charge in [0.05, 0.1) is 24.9 Å². The minimum absolute atomic E-state index is 0.179. The Labute approximate surface area is 102 Å². The highest BCUT2D eigenvalue weighted by Crippen LogP contribution is 2.38. The smallest absolute Gasteiger partial charge is 0.239 e. The number of nitrogens with one attached hydrogen (secondary N) is 1. The number of hydrogen-bond donors (Lipinski definition) is 2. The fraction of sp³-hybridized carbons (Fsp3) is 0.917. The van der Waals surface area contributed by atoms with Crippen LogP contribution in [0.3, 0.4) is 0 Å². The summed E-state index contributed by atoms with van der Waals surface area (Å²) in [6.45, 7) is 2.49. The van der Waals surface area contributed by atoms with Crippen molar-refractivity contribution in [2.45, 2.75) is 50.5 Å². The van der Waals surface area contributed by atoms with Crippen LogP contribution >= 0.6 is 0 Å². The van der Waals surface area contributed by atoms with Crippen molar-refractivity contribution in [3.8, 4) is 0 Å². The second-order valence-corrected chi connectivity index (χ2v) is 5.05. The molecule has 98 valence electrons. The van der Waals surface area contributed by atoms with Crippen molar-refractivity contribution < 1.29 is 14.3 Å². The lowest BCUT2D eigenvalue weighted by Crippen LogP contribution is -2.47. The third-order valence-electron chi connectivity index (χ3n) is 3.86. The molecule has 3 unspecified atom stereocenters. The maximum absolute atomic E-state index is 11.3. The number of hydrogen-bond acceptors (Lipinski definition) is 4. The van der Waals surface area contributed by atoms with Crippen molar-refractivity contribution in [3.05, 3.63) is 0 Å². The van der Waals surface area contributed by atoms with Crippen molar-refractivity contribution in [2.75, 3.05) is 13.7 Å². The van der Waals surface area contributed by atoms with Gasteiger partial charge in [0.15, 0.2) is 0 Å². The first-order valence-corrected chi connectivity index (χ1v) is 6.36. The first kappa shape index (κ1) is 12.8. The summed E-state index contributed by atoms with van der Waals surface area (Å²) >= 11 is 0. The molecule has 5 heteroatoms. The van der Waals surface area contributed by atoms with Crippen molar-refractivity contribution >= 4 is 5.91 Å². The molecular formula is C12H22N2O3.